The monoisotopic (exact) mass is 350 g/mol. The van der Waals surface area contributed by atoms with Gasteiger partial charge in [0.05, 0.1) is 10.2 Å². The molecule has 2 saturated carbocycles. The van der Waals surface area contributed by atoms with Crippen LogP contribution in [0.5, 0.6) is 0 Å². The van der Waals surface area contributed by atoms with E-state index in [4.69, 9.17) is 0 Å². The van der Waals surface area contributed by atoms with Gasteiger partial charge in [-0.05, 0) is 49.3 Å². The van der Waals surface area contributed by atoms with Crippen molar-refractivity contribution in [1.29, 1.82) is 0 Å². The van der Waals surface area contributed by atoms with E-state index in [-0.39, 0.29) is 11.8 Å². The van der Waals surface area contributed by atoms with Crippen molar-refractivity contribution in [3.63, 3.8) is 0 Å². The Balaban J connectivity index is 1.53. The highest BCUT2D eigenvalue weighted by molar-refractivity contribution is 9.10. The van der Waals surface area contributed by atoms with Crippen LogP contribution in [0.1, 0.15) is 25.7 Å². The van der Waals surface area contributed by atoms with E-state index in [2.05, 4.69) is 26.2 Å². The normalized spacial score (nSPS) is 28.1. The number of halogens is 1. The molecule has 2 aliphatic carbocycles. The van der Waals surface area contributed by atoms with Crippen LogP contribution in [0, 0.1) is 17.8 Å². The summed E-state index contributed by atoms with van der Waals surface area (Å²) >= 11 is 5.01. The molecule has 1 aromatic heterocycles. The van der Waals surface area contributed by atoms with E-state index >= 15 is 0 Å². The molecule has 20 heavy (non-hydrogen) atoms. The maximum Gasteiger partial charge on any atom is 0.229 e. The quantitative estimate of drug-likeness (QED) is 0.870. The lowest BCUT2D eigenvalue weighted by molar-refractivity contribution is -0.121. The number of anilines is 1. The molecule has 2 fully saturated rings. The van der Waals surface area contributed by atoms with Crippen LogP contribution in [-0.2, 0) is 4.79 Å². The average molecular weight is 351 g/mol. The zero-order valence-corrected chi connectivity index (χ0v) is 13.3. The predicted molar refractivity (Wildman–Crippen MR) is 84.9 cm³/mol. The van der Waals surface area contributed by atoms with Crippen molar-refractivity contribution in [2.75, 3.05) is 5.32 Å². The number of aromatic nitrogens is 1. The predicted octanol–water partition coefficient (Wildman–Crippen LogP) is 4.43. The fraction of sp³-hybridized carbons (Fsp3) is 0.467. The first kappa shape index (κ1) is 12.8. The van der Waals surface area contributed by atoms with Crippen LogP contribution in [-0.4, -0.2) is 10.9 Å². The first-order chi connectivity index (χ1) is 9.69. The van der Waals surface area contributed by atoms with Crippen LogP contribution >= 0.6 is 27.3 Å². The van der Waals surface area contributed by atoms with E-state index < -0.39 is 0 Å². The van der Waals surface area contributed by atoms with Gasteiger partial charge >= 0.3 is 0 Å². The van der Waals surface area contributed by atoms with Gasteiger partial charge in [0.25, 0.3) is 0 Å². The first-order valence-corrected chi connectivity index (χ1v) is 8.67. The molecule has 1 N–H and O–H groups in total. The summed E-state index contributed by atoms with van der Waals surface area (Å²) in [5.41, 5.74) is 0.946. The number of hydrogen-bond acceptors (Lipinski definition) is 3. The Morgan fingerprint density at radius 2 is 2.25 bits per heavy atom. The Morgan fingerprint density at radius 3 is 3.00 bits per heavy atom. The number of nitrogens with zero attached hydrogens (tertiary/aromatic N) is 1. The molecule has 0 radical (unpaired) electrons. The molecule has 2 bridgehead atoms. The molecular weight excluding hydrogens is 336 g/mol. The summed E-state index contributed by atoms with van der Waals surface area (Å²) in [6.45, 7) is 0. The number of carbonyl (C=O) groups is 1. The van der Waals surface area contributed by atoms with Crippen molar-refractivity contribution in [2.24, 2.45) is 17.8 Å². The number of thiazole rings is 1. The lowest BCUT2D eigenvalue weighted by atomic mass is 9.88. The molecule has 0 aliphatic heterocycles. The minimum absolute atomic E-state index is 0.176. The van der Waals surface area contributed by atoms with Gasteiger partial charge in [0, 0.05) is 10.4 Å². The molecule has 0 saturated heterocycles. The van der Waals surface area contributed by atoms with Gasteiger partial charge in [0.2, 0.25) is 5.91 Å². The van der Waals surface area contributed by atoms with E-state index in [0.717, 1.165) is 32.2 Å². The number of carbonyl (C=O) groups excluding carboxylic acids is 1. The number of fused-ring (bicyclic) bond motifs is 3. The molecule has 5 heteroatoms. The summed E-state index contributed by atoms with van der Waals surface area (Å²) in [5, 5.41) is 3.76. The van der Waals surface area contributed by atoms with Gasteiger partial charge in [-0.1, -0.05) is 33.7 Å². The van der Waals surface area contributed by atoms with E-state index in [1.807, 2.05) is 18.2 Å². The van der Waals surface area contributed by atoms with Crippen molar-refractivity contribution in [2.45, 2.75) is 25.7 Å². The van der Waals surface area contributed by atoms with Gasteiger partial charge in [-0.15, -0.1) is 0 Å². The van der Waals surface area contributed by atoms with E-state index in [0.29, 0.717) is 5.92 Å². The lowest BCUT2D eigenvalue weighted by Crippen LogP contribution is -2.27. The highest BCUT2D eigenvalue weighted by atomic mass is 79.9. The first-order valence-electron chi connectivity index (χ1n) is 7.06. The standard InChI is InChI=1S/C15H15BrN2OS/c16-10-3-4-12-13(7-10)20-15(17-12)18-14(19)11-6-8-1-2-9(11)5-8/h3-4,7-9,11H,1-2,5-6H2,(H,17,18,19)/t8-,9-,11-/m0/s1. The molecule has 2 aliphatic rings. The van der Waals surface area contributed by atoms with Crippen LogP contribution < -0.4 is 5.32 Å². The van der Waals surface area contributed by atoms with Crippen LogP contribution in [0.2, 0.25) is 0 Å². The molecule has 3 nitrogen and oxygen atoms in total. The summed E-state index contributed by atoms with van der Waals surface area (Å²) in [6.07, 6.45) is 4.89. The Bertz CT molecular complexity index is 684. The molecule has 0 spiro atoms. The molecule has 3 atom stereocenters. The van der Waals surface area contributed by atoms with E-state index in [9.17, 15) is 4.79 Å². The molecule has 1 heterocycles. The van der Waals surface area contributed by atoms with E-state index in [1.54, 1.807) is 11.3 Å². The third-order valence-corrected chi connectivity index (χ3v) is 6.08. The minimum atomic E-state index is 0.176. The van der Waals surface area contributed by atoms with Crippen molar-refractivity contribution < 1.29 is 4.79 Å². The molecule has 1 amide bonds. The molecule has 1 aromatic carbocycles. The third kappa shape index (κ3) is 2.17. The summed E-state index contributed by atoms with van der Waals surface area (Å²) in [6, 6.07) is 5.99. The van der Waals surface area contributed by atoms with Gasteiger partial charge in [-0.3, -0.25) is 4.79 Å². The number of amides is 1. The Kier molecular flexibility index (Phi) is 3.07. The molecule has 2 aromatic rings. The van der Waals surface area contributed by atoms with Gasteiger partial charge in [0.1, 0.15) is 0 Å². The van der Waals surface area contributed by atoms with Crippen LogP contribution in [0.4, 0.5) is 5.13 Å². The Labute approximate surface area is 129 Å². The van der Waals surface area contributed by atoms with Crippen LogP contribution in [0.3, 0.4) is 0 Å². The Hall–Kier alpha value is -0.940. The largest absolute Gasteiger partial charge is 0.302 e. The van der Waals surface area contributed by atoms with Crippen molar-refractivity contribution >= 4 is 48.5 Å². The fourth-order valence-electron chi connectivity index (χ4n) is 3.72. The number of rotatable bonds is 2. The summed E-state index contributed by atoms with van der Waals surface area (Å²) < 4.78 is 2.14. The van der Waals surface area contributed by atoms with E-state index in [1.165, 1.54) is 19.3 Å². The number of nitrogens with one attached hydrogen (secondary N) is 1. The number of hydrogen-bond donors (Lipinski definition) is 1. The summed E-state index contributed by atoms with van der Waals surface area (Å²) in [5.74, 6) is 1.80. The third-order valence-electron chi connectivity index (χ3n) is 4.66. The summed E-state index contributed by atoms with van der Waals surface area (Å²) in [4.78, 5) is 16.9. The maximum atomic E-state index is 12.4. The van der Waals surface area contributed by atoms with Gasteiger partial charge in [-0.25, -0.2) is 4.98 Å². The second kappa shape index (κ2) is 4.81. The summed E-state index contributed by atoms with van der Waals surface area (Å²) in [7, 11) is 0. The molecule has 104 valence electrons. The van der Waals surface area contributed by atoms with Gasteiger partial charge in [-0.2, -0.15) is 0 Å². The fourth-order valence-corrected chi connectivity index (χ4v) is 5.14. The lowest BCUT2D eigenvalue weighted by Gasteiger charge is -2.19. The number of benzene rings is 1. The van der Waals surface area contributed by atoms with Crippen molar-refractivity contribution in [1.82, 2.24) is 4.98 Å². The van der Waals surface area contributed by atoms with Crippen LogP contribution in [0.15, 0.2) is 22.7 Å². The molecule has 0 unspecified atom stereocenters. The second-order valence-electron chi connectivity index (χ2n) is 5.90. The van der Waals surface area contributed by atoms with Crippen molar-refractivity contribution in [3.05, 3.63) is 22.7 Å². The highest BCUT2D eigenvalue weighted by Gasteiger charge is 2.43. The zero-order chi connectivity index (χ0) is 13.7. The van der Waals surface area contributed by atoms with Gasteiger partial charge in [0.15, 0.2) is 5.13 Å². The van der Waals surface area contributed by atoms with Crippen LogP contribution in [0.25, 0.3) is 10.2 Å². The van der Waals surface area contributed by atoms with Gasteiger partial charge < -0.3 is 5.32 Å². The average Bonchev–Trinajstić information content (AvgIpc) is 3.11. The maximum absolute atomic E-state index is 12.4. The minimum Gasteiger partial charge on any atom is -0.302 e. The molecular formula is C15H15BrN2OS. The molecule has 4 rings (SSSR count). The SMILES string of the molecule is O=C(Nc1nc2ccc(Br)cc2s1)[C@H]1C[C@H]2CC[C@H]1C2. The van der Waals surface area contributed by atoms with Crippen molar-refractivity contribution in [3.8, 4) is 0 Å². The Morgan fingerprint density at radius 1 is 1.35 bits per heavy atom. The second-order valence-corrected chi connectivity index (χ2v) is 7.85. The highest BCUT2D eigenvalue weighted by Crippen LogP contribution is 2.48. The smallest absolute Gasteiger partial charge is 0.229 e. The zero-order valence-electron chi connectivity index (χ0n) is 10.9. The topological polar surface area (TPSA) is 42.0 Å².